The molecule has 0 aliphatic carbocycles. The second-order valence-corrected chi connectivity index (χ2v) is 7.33. The van der Waals surface area contributed by atoms with E-state index in [1.807, 2.05) is 4.72 Å². The Hall–Kier alpha value is -3.00. The number of benzene rings is 2. The van der Waals surface area contributed by atoms with Crippen LogP contribution in [0.15, 0.2) is 54.6 Å². The number of carbonyl (C=O) groups excluding carboxylic acids is 3. The van der Waals surface area contributed by atoms with E-state index in [0.717, 1.165) is 11.2 Å². The fourth-order valence-electron chi connectivity index (χ4n) is 2.73. The van der Waals surface area contributed by atoms with Gasteiger partial charge in [-0.25, -0.2) is 8.42 Å². The molecule has 1 heterocycles. The number of nitrogens with one attached hydrogen (secondary N) is 1. The van der Waals surface area contributed by atoms with Gasteiger partial charge in [0.1, 0.15) is 6.04 Å². The Balaban J connectivity index is 2.09. The minimum absolute atomic E-state index is 0.181. The predicted molar refractivity (Wildman–Crippen MR) is 89.1 cm³/mol. The maximum Gasteiger partial charge on any atom is 0.262 e. The van der Waals surface area contributed by atoms with Gasteiger partial charge in [0.05, 0.1) is 17.4 Å². The van der Waals surface area contributed by atoms with Crippen molar-refractivity contribution in [3.8, 4) is 0 Å². The fraction of sp³-hybridized carbons (Fsp3) is 0.118. The summed E-state index contributed by atoms with van der Waals surface area (Å²) in [6.07, 6.45) is 0.829. The van der Waals surface area contributed by atoms with Crippen LogP contribution in [0.3, 0.4) is 0 Å². The molecule has 2 aromatic carbocycles. The zero-order chi connectivity index (χ0) is 18.2. The van der Waals surface area contributed by atoms with Gasteiger partial charge in [-0.3, -0.25) is 24.0 Å². The number of nitrogens with zero attached hydrogens (tertiary/aromatic N) is 1. The Kier molecular flexibility index (Phi) is 4.13. The van der Waals surface area contributed by atoms with Gasteiger partial charge in [0, 0.05) is 0 Å². The highest BCUT2D eigenvalue weighted by Crippen LogP contribution is 2.31. The predicted octanol–water partition coefficient (Wildman–Crippen LogP) is 1.10. The average Bonchev–Trinajstić information content (AvgIpc) is 2.80. The Morgan fingerprint density at radius 1 is 0.920 bits per heavy atom. The Bertz CT molecular complexity index is 935. The van der Waals surface area contributed by atoms with Gasteiger partial charge in [0.15, 0.2) is 0 Å². The lowest BCUT2D eigenvalue weighted by Crippen LogP contribution is -2.45. The summed E-state index contributed by atoms with van der Waals surface area (Å²) >= 11 is 0. The van der Waals surface area contributed by atoms with Crippen LogP contribution in [0.2, 0.25) is 0 Å². The molecule has 7 nitrogen and oxygen atoms in total. The van der Waals surface area contributed by atoms with E-state index in [1.54, 1.807) is 42.5 Å². The minimum atomic E-state index is -3.86. The number of hydrogen-bond donors (Lipinski definition) is 1. The fourth-order valence-corrected chi connectivity index (χ4v) is 3.21. The van der Waals surface area contributed by atoms with Crippen molar-refractivity contribution in [3.63, 3.8) is 0 Å². The number of sulfonamides is 1. The van der Waals surface area contributed by atoms with Gasteiger partial charge in [0.2, 0.25) is 10.0 Å². The third-order valence-electron chi connectivity index (χ3n) is 3.73. The number of hydrogen-bond acceptors (Lipinski definition) is 5. The number of imide groups is 1. The zero-order valence-electron chi connectivity index (χ0n) is 13.2. The van der Waals surface area contributed by atoms with Crippen LogP contribution in [-0.4, -0.2) is 37.3 Å². The lowest BCUT2D eigenvalue weighted by atomic mass is 10.0. The molecule has 0 saturated carbocycles. The third kappa shape index (κ3) is 3.16. The van der Waals surface area contributed by atoms with Gasteiger partial charge >= 0.3 is 0 Å². The molecular weight excluding hydrogens is 344 g/mol. The van der Waals surface area contributed by atoms with E-state index in [-0.39, 0.29) is 11.1 Å². The summed E-state index contributed by atoms with van der Waals surface area (Å²) in [4.78, 5) is 38.7. The molecule has 25 heavy (non-hydrogen) atoms. The van der Waals surface area contributed by atoms with E-state index >= 15 is 0 Å². The monoisotopic (exact) mass is 358 g/mol. The second-order valence-electron chi connectivity index (χ2n) is 5.58. The van der Waals surface area contributed by atoms with Crippen LogP contribution in [-0.2, 0) is 14.8 Å². The van der Waals surface area contributed by atoms with Crippen molar-refractivity contribution < 1.29 is 22.8 Å². The highest BCUT2D eigenvalue weighted by molar-refractivity contribution is 7.89. The molecule has 0 fully saturated rings. The van der Waals surface area contributed by atoms with Gasteiger partial charge < -0.3 is 0 Å². The number of rotatable bonds is 4. The van der Waals surface area contributed by atoms with E-state index in [1.165, 1.54) is 12.1 Å². The van der Waals surface area contributed by atoms with Gasteiger partial charge in [0.25, 0.3) is 17.7 Å². The first kappa shape index (κ1) is 16.8. The standard InChI is InChI=1S/C17H14N2O5S/c1-25(23,24)18-15(20)14(11-7-3-2-4-8-11)19-16(21)12-9-5-6-10-13(12)17(19)22/h2-10,14H,1H3,(H,18,20). The van der Waals surface area contributed by atoms with Crippen LogP contribution < -0.4 is 4.72 Å². The smallest absolute Gasteiger partial charge is 0.262 e. The van der Waals surface area contributed by atoms with Crippen molar-refractivity contribution in [2.24, 2.45) is 0 Å². The Morgan fingerprint density at radius 2 is 1.40 bits per heavy atom. The van der Waals surface area contributed by atoms with Crippen molar-refractivity contribution in [1.82, 2.24) is 9.62 Å². The van der Waals surface area contributed by atoms with Gasteiger partial charge in [-0.2, -0.15) is 0 Å². The van der Waals surface area contributed by atoms with E-state index in [0.29, 0.717) is 5.56 Å². The quantitative estimate of drug-likeness (QED) is 0.825. The molecule has 1 unspecified atom stereocenters. The molecule has 3 amide bonds. The van der Waals surface area contributed by atoms with Crippen molar-refractivity contribution in [3.05, 3.63) is 71.3 Å². The number of amides is 3. The molecule has 2 aromatic rings. The van der Waals surface area contributed by atoms with Crippen molar-refractivity contribution in [2.75, 3.05) is 6.26 Å². The summed E-state index contributed by atoms with van der Waals surface area (Å²) in [5.74, 6) is -2.25. The van der Waals surface area contributed by atoms with E-state index < -0.39 is 33.8 Å². The molecule has 0 bridgehead atoms. The maximum atomic E-state index is 12.7. The summed E-state index contributed by atoms with van der Waals surface area (Å²) in [6, 6.07) is 12.9. The summed E-state index contributed by atoms with van der Waals surface area (Å²) in [6.45, 7) is 0. The first-order valence-electron chi connectivity index (χ1n) is 7.33. The van der Waals surface area contributed by atoms with E-state index in [9.17, 15) is 22.8 Å². The largest absolute Gasteiger partial charge is 0.271 e. The molecule has 3 rings (SSSR count). The highest BCUT2D eigenvalue weighted by Gasteiger charge is 2.43. The van der Waals surface area contributed by atoms with Crippen molar-refractivity contribution >= 4 is 27.7 Å². The van der Waals surface area contributed by atoms with Gasteiger partial charge in [-0.05, 0) is 17.7 Å². The molecule has 1 N–H and O–H groups in total. The first-order valence-corrected chi connectivity index (χ1v) is 9.22. The zero-order valence-corrected chi connectivity index (χ0v) is 14.0. The minimum Gasteiger partial charge on any atom is -0.271 e. The number of carbonyl (C=O) groups is 3. The Morgan fingerprint density at radius 3 is 1.88 bits per heavy atom. The topological polar surface area (TPSA) is 101 Å². The summed E-state index contributed by atoms with van der Waals surface area (Å²) in [5.41, 5.74) is 0.694. The third-order valence-corrected chi connectivity index (χ3v) is 4.31. The Labute approximate surface area is 144 Å². The van der Waals surface area contributed by atoms with Crippen LogP contribution in [0.4, 0.5) is 0 Å². The molecule has 0 saturated heterocycles. The van der Waals surface area contributed by atoms with Crippen LogP contribution in [0, 0.1) is 0 Å². The molecule has 1 atom stereocenters. The molecule has 128 valence electrons. The van der Waals surface area contributed by atoms with Crippen LogP contribution in [0.25, 0.3) is 0 Å². The molecule has 0 spiro atoms. The summed E-state index contributed by atoms with van der Waals surface area (Å²) < 4.78 is 24.8. The average molecular weight is 358 g/mol. The SMILES string of the molecule is CS(=O)(=O)NC(=O)C(c1ccccc1)N1C(=O)c2ccccc2C1=O. The normalized spacial score (nSPS) is 15.0. The van der Waals surface area contributed by atoms with Gasteiger partial charge in [-0.1, -0.05) is 42.5 Å². The first-order chi connectivity index (χ1) is 11.8. The molecule has 0 radical (unpaired) electrons. The van der Waals surface area contributed by atoms with Crippen LogP contribution in [0.5, 0.6) is 0 Å². The maximum absolute atomic E-state index is 12.7. The lowest BCUT2D eigenvalue weighted by Gasteiger charge is -2.25. The van der Waals surface area contributed by atoms with Gasteiger partial charge in [-0.15, -0.1) is 0 Å². The molecule has 1 aliphatic heterocycles. The van der Waals surface area contributed by atoms with Crippen molar-refractivity contribution in [1.29, 1.82) is 0 Å². The molecule has 0 aromatic heterocycles. The lowest BCUT2D eigenvalue weighted by molar-refractivity contribution is -0.123. The highest BCUT2D eigenvalue weighted by atomic mass is 32.2. The van der Waals surface area contributed by atoms with Crippen molar-refractivity contribution in [2.45, 2.75) is 6.04 Å². The van der Waals surface area contributed by atoms with Crippen LogP contribution in [0.1, 0.15) is 32.3 Å². The molecule has 1 aliphatic rings. The summed E-state index contributed by atoms with van der Waals surface area (Å²) in [5, 5.41) is 0. The summed E-state index contributed by atoms with van der Waals surface area (Å²) in [7, 11) is -3.86. The molecule has 8 heteroatoms. The number of fused-ring (bicyclic) bond motifs is 1. The molecular formula is C17H14N2O5S. The van der Waals surface area contributed by atoms with Crippen LogP contribution >= 0.6 is 0 Å². The second kappa shape index (κ2) is 6.14. The van der Waals surface area contributed by atoms with E-state index in [2.05, 4.69) is 0 Å². The van der Waals surface area contributed by atoms with E-state index in [4.69, 9.17) is 0 Å².